The minimum atomic E-state index is -0.145. The van der Waals surface area contributed by atoms with Gasteiger partial charge in [0.25, 0.3) is 0 Å². The Labute approximate surface area is 150 Å². The van der Waals surface area contributed by atoms with Crippen molar-refractivity contribution >= 4 is 11.8 Å². The minimum absolute atomic E-state index is 0.145. The second-order valence-electron chi connectivity index (χ2n) is 6.26. The van der Waals surface area contributed by atoms with Crippen LogP contribution in [0.2, 0.25) is 0 Å². The van der Waals surface area contributed by atoms with Crippen molar-refractivity contribution in [3.05, 3.63) is 23.9 Å². The Hall–Kier alpha value is -1.86. The van der Waals surface area contributed by atoms with Gasteiger partial charge in [-0.3, -0.25) is 4.90 Å². The molecule has 2 rings (SSSR count). The Kier molecular flexibility index (Phi) is 7.94. The lowest BCUT2D eigenvalue weighted by Crippen LogP contribution is -2.48. The van der Waals surface area contributed by atoms with Gasteiger partial charge in [0, 0.05) is 51.5 Å². The number of anilines is 1. The number of hydrogen-bond acceptors (Lipinski definition) is 5. The average molecular weight is 349 g/mol. The normalized spacial score (nSPS) is 16.3. The van der Waals surface area contributed by atoms with Crippen molar-refractivity contribution in [3.63, 3.8) is 0 Å². The van der Waals surface area contributed by atoms with Crippen molar-refractivity contribution < 1.29 is 9.53 Å². The number of pyridine rings is 1. The zero-order valence-electron chi connectivity index (χ0n) is 15.6. The summed E-state index contributed by atoms with van der Waals surface area (Å²) in [7, 11) is 0. The van der Waals surface area contributed by atoms with Crippen molar-refractivity contribution in [2.24, 2.45) is 0 Å². The topological polar surface area (TPSA) is 69.7 Å². The molecular weight excluding hydrogens is 318 g/mol. The van der Waals surface area contributed by atoms with Crippen LogP contribution in [0.25, 0.3) is 0 Å². The largest absolute Gasteiger partial charge is 0.379 e. The second kappa shape index (κ2) is 10.2. The molecule has 2 heterocycles. The summed E-state index contributed by atoms with van der Waals surface area (Å²) in [5.74, 6) is 0.970. The number of aromatic nitrogens is 1. The van der Waals surface area contributed by atoms with E-state index in [0.29, 0.717) is 19.1 Å². The summed E-state index contributed by atoms with van der Waals surface area (Å²) < 4.78 is 5.35. The van der Waals surface area contributed by atoms with Crippen molar-refractivity contribution in [3.8, 4) is 0 Å². The molecule has 0 aliphatic carbocycles. The van der Waals surface area contributed by atoms with Gasteiger partial charge in [-0.25, -0.2) is 9.78 Å². The van der Waals surface area contributed by atoms with Gasteiger partial charge >= 0.3 is 6.03 Å². The first kappa shape index (κ1) is 19.5. The van der Waals surface area contributed by atoms with E-state index < -0.39 is 0 Å². The quantitative estimate of drug-likeness (QED) is 0.743. The summed E-state index contributed by atoms with van der Waals surface area (Å²) in [6, 6.07) is 4.18. The van der Waals surface area contributed by atoms with Crippen LogP contribution in [-0.2, 0) is 11.3 Å². The van der Waals surface area contributed by atoms with Gasteiger partial charge in [0.1, 0.15) is 5.82 Å². The minimum Gasteiger partial charge on any atom is -0.379 e. The third-order valence-electron chi connectivity index (χ3n) is 4.58. The maximum Gasteiger partial charge on any atom is 0.315 e. The highest BCUT2D eigenvalue weighted by Crippen LogP contribution is 2.10. The molecule has 1 atom stereocenters. The first-order valence-corrected chi connectivity index (χ1v) is 9.17. The zero-order valence-corrected chi connectivity index (χ0v) is 15.6. The third kappa shape index (κ3) is 6.17. The number of rotatable bonds is 8. The summed E-state index contributed by atoms with van der Waals surface area (Å²) >= 11 is 0. The first-order chi connectivity index (χ1) is 12.1. The molecule has 0 saturated carbocycles. The van der Waals surface area contributed by atoms with Gasteiger partial charge in [0.15, 0.2) is 0 Å². The summed E-state index contributed by atoms with van der Waals surface area (Å²) in [6.45, 7) is 12.7. The molecule has 7 heteroatoms. The van der Waals surface area contributed by atoms with Crippen LogP contribution in [0.4, 0.5) is 10.6 Å². The number of urea groups is 1. The lowest BCUT2D eigenvalue weighted by atomic mass is 10.2. The predicted octanol–water partition coefficient (Wildman–Crippen LogP) is 1.45. The molecule has 0 radical (unpaired) electrons. The van der Waals surface area contributed by atoms with Gasteiger partial charge in [-0.05, 0) is 32.4 Å². The maximum absolute atomic E-state index is 12.0. The molecule has 0 bridgehead atoms. The van der Waals surface area contributed by atoms with Crippen LogP contribution in [0.1, 0.15) is 26.3 Å². The lowest BCUT2D eigenvalue weighted by Gasteiger charge is -2.32. The van der Waals surface area contributed by atoms with E-state index >= 15 is 0 Å². The van der Waals surface area contributed by atoms with E-state index in [-0.39, 0.29) is 6.03 Å². The Morgan fingerprint density at radius 1 is 1.28 bits per heavy atom. The highest BCUT2D eigenvalue weighted by Gasteiger charge is 2.17. The van der Waals surface area contributed by atoms with Crippen LogP contribution in [0.3, 0.4) is 0 Å². The fraction of sp³-hybridized carbons (Fsp3) is 0.667. The summed E-state index contributed by atoms with van der Waals surface area (Å²) in [4.78, 5) is 21.0. The van der Waals surface area contributed by atoms with Gasteiger partial charge in [-0.1, -0.05) is 6.07 Å². The SMILES string of the molecule is CCN(CC)c1ccc(CNC(=O)NCC(C)N2CCOCC2)cn1. The number of morpholine rings is 1. The highest BCUT2D eigenvalue weighted by atomic mass is 16.5. The fourth-order valence-corrected chi connectivity index (χ4v) is 2.89. The Morgan fingerprint density at radius 2 is 2.00 bits per heavy atom. The molecule has 1 aliphatic rings. The molecule has 2 N–H and O–H groups in total. The highest BCUT2D eigenvalue weighted by molar-refractivity contribution is 5.73. The maximum atomic E-state index is 12.0. The van der Waals surface area contributed by atoms with E-state index in [1.54, 1.807) is 0 Å². The standard InChI is InChI=1S/C18H31N5O2/c1-4-22(5-2)17-7-6-16(13-19-17)14-21-18(24)20-12-15(3)23-8-10-25-11-9-23/h6-7,13,15H,4-5,8-12,14H2,1-3H3,(H2,20,21,24). The molecule has 25 heavy (non-hydrogen) atoms. The number of nitrogens with one attached hydrogen (secondary N) is 2. The van der Waals surface area contributed by atoms with E-state index in [1.807, 2.05) is 18.3 Å². The number of hydrogen-bond donors (Lipinski definition) is 2. The summed E-state index contributed by atoms with van der Waals surface area (Å²) in [6.07, 6.45) is 1.82. The van der Waals surface area contributed by atoms with Gasteiger partial charge in [-0.2, -0.15) is 0 Å². The number of carbonyl (C=O) groups excluding carboxylic acids is 1. The van der Waals surface area contributed by atoms with Gasteiger partial charge < -0.3 is 20.3 Å². The van der Waals surface area contributed by atoms with Gasteiger partial charge in [0.05, 0.1) is 13.2 Å². The van der Waals surface area contributed by atoms with Crippen molar-refractivity contribution in [2.45, 2.75) is 33.4 Å². The molecule has 2 amide bonds. The smallest absolute Gasteiger partial charge is 0.315 e. The van der Waals surface area contributed by atoms with Crippen molar-refractivity contribution in [2.75, 3.05) is 50.8 Å². The molecule has 1 unspecified atom stereocenters. The van der Waals surface area contributed by atoms with E-state index in [1.165, 1.54) is 0 Å². The fourth-order valence-electron chi connectivity index (χ4n) is 2.89. The van der Waals surface area contributed by atoms with Crippen LogP contribution in [0.15, 0.2) is 18.3 Å². The average Bonchev–Trinajstić information content (AvgIpc) is 2.67. The van der Waals surface area contributed by atoms with E-state index in [9.17, 15) is 4.79 Å². The van der Waals surface area contributed by atoms with E-state index in [0.717, 1.165) is 50.8 Å². The zero-order chi connectivity index (χ0) is 18.1. The number of amides is 2. The molecule has 1 fully saturated rings. The summed E-state index contributed by atoms with van der Waals surface area (Å²) in [5.41, 5.74) is 0.993. The predicted molar refractivity (Wildman–Crippen MR) is 99.9 cm³/mol. The molecule has 1 aliphatic heterocycles. The monoisotopic (exact) mass is 349 g/mol. The molecular formula is C18H31N5O2. The number of ether oxygens (including phenoxy) is 1. The van der Waals surface area contributed by atoms with E-state index in [4.69, 9.17) is 4.74 Å². The van der Waals surface area contributed by atoms with Crippen LogP contribution >= 0.6 is 0 Å². The molecule has 7 nitrogen and oxygen atoms in total. The molecule has 0 aromatic carbocycles. The lowest BCUT2D eigenvalue weighted by molar-refractivity contribution is 0.0209. The van der Waals surface area contributed by atoms with E-state index in [2.05, 4.69) is 46.2 Å². The molecule has 1 aromatic heterocycles. The molecule has 1 saturated heterocycles. The van der Waals surface area contributed by atoms with Crippen LogP contribution in [0, 0.1) is 0 Å². The Bertz CT molecular complexity index is 513. The van der Waals surface area contributed by atoms with Crippen molar-refractivity contribution in [1.29, 1.82) is 0 Å². The number of nitrogens with zero attached hydrogens (tertiary/aromatic N) is 3. The molecule has 0 spiro atoms. The third-order valence-corrected chi connectivity index (χ3v) is 4.58. The van der Waals surface area contributed by atoms with Crippen LogP contribution in [0.5, 0.6) is 0 Å². The first-order valence-electron chi connectivity index (χ1n) is 9.17. The van der Waals surface area contributed by atoms with Crippen LogP contribution < -0.4 is 15.5 Å². The molecule has 1 aromatic rings. The number of carbonyl (C=O) groups is 1. The van der Waals surface area contributed by atoms with Gasteiger partial charge in [-0.15, -0.1) is 0 Å². The van der Waals surface area contributed by atoms with Gasteiger partial charge in [0.2, 0.25) is 0 Å². The second-order valence-corrected chi connectivity index (χ2v) is 6.26. The van der Waals surface area contributed by atoms with Crippen LogP contribution in [-0.4, -0.2) is 67.9 Å². The Balaban J connectivity index is 1.70. The Morgan fingerprint density at radius 3 is 2.60 bits per heavy atom. The summed E-state index contributed by atoms with van der Waals surface area (Å²) in [5, 5.41) is 5.82. The van der Waals surface area contributed by atoms with Crippen molar-refractivity contribution in [1.82, 2.24) is 20.5 Å². The molecule has 140 valence electrons.